The Hall–Kier alpha value is -3.88. The predicted octanol–water partition coefficient (Wildman–Crippen LogP) is 2.94. The molecule has 1 aromatic carbocycles. The molecule has 2 aromatic heterocycles. The summed E-state index contributed by atoms with van der Waals surface area (Å²) in [6, 6.07) is 14.7. The van der Waals surface area contributed by atoms with Gasteiger partial charge in [-0.25, -0.2) is 0 Å². The first kappa shape index (κ1) is 23.3. The van der Waals surface area contributed by atoms with Gasteiger partial charge in [0.15, 0.2) is 11.6 Å². The van der Waals surface area contributed by atoms with E-state index in [1.54, 1.807) is 24.1 Å². The summed E-state index contributed by atoms with van der Waals surface area (Å²) in [4.78, 5) is 31.1. The topological polar surface area (TPSA) is 92.0 Å². The van der Waals surface area contributed by atoms with Crippen molar-refractivity contribution in [3.8, 4) is 17.0 Å². The fourth-order valence-electron chi connectivity index (χ4n) is 3.89. The Morgan fingerprint density at radius 3 is 2.47 bits per heavy atom. The van der Waals surface area contributed by atoms with Crippen LogP contribution in [0.1, 0.15) is 24.4 Å². The van der Waals surface area contributed by atoms with Gasteiger partial charge in [-0.3, -0.25) is 9.59 Å². The molecule has 0 saturated carbocycles. The third-order valence-corrected chi connectivity index (χ3v) is 5.89. The Morgan fingerprint density at radius 1 is 1.06 bits per heavy atom. The normalized spacial score (nSPS) is 13.8. The first-order valence-electron chi connectivity index (χ1n) is 11.3. The fraction of sp³-hybridized carbons (Fsp3) is 0.360. The average Bonchev–Trinajstić information content (AvgIpc) is 3.42. The van der Waals surface area contributed by atoms with Crippen molar-refractivity contribution < 1.29 is 18.7 Å². The van der Waals surface area contributed by atoms with Crippen LogP contribution in [0.2, 0.25) is 0 Å². The number of ether oxygens (including phenoxy) is 1. The number of aromatic nitrogens is 2. The Bertz CT molecular complexity index is 1110. The lowest BCUT2D eigenvalue weighted by molar-refractivity contribution is -0.132. The molecule has 0 bridgehead atoms. The van der Waals surface area contributed by atoms with Gasteiger partial charge in [-0.15, -0.1) is 10.2 Å². The second-order valence-electron chi connectivity index (χ2n) is 8.38. The average molecular weight is 464 g/mol. The van der Waals surface area contributed by atoms with Crippen molar-refractivity contribution >= 4 is 17.6 Å². The summed E-state index contributed by atoms with van der Waals surface area (Å²) in [5, 5.41) is 8.77. The molecule has 4 rings (SSSR count). The highest BCUT2D eigenvalue weighted by Gasteiger charge is 2.28. The van der Waals surface area contributed by atoms with E-state index >= 15 is 0 Å². The number of nitrogens with zero attached hydrogens (tertiary/aromatic N) is 5. The second kappa shape index (κ2) is 10.4. The summed E-state index contributed by atoms with van der Waals surface area (Å²) in [7, 11) is 1.63. The molecule has 1 aliphatic heterocycles. The maximum absolute atomic E-state index is 12.9. The van der Waals surface area contributed by atoms with Crippen LogP contribution in [0.4, 0.5) is 5.82 Å². The van der Waals surface area contributed by atoms with Gasteiger partial charge in [0.05, 0.1) is 19.1 Å². The van der Waals surface area contributed by atoms with E-state index in [0.29, 0.717) is 26.2 Å². The zero-order valence-corrected chi connectivity index (χ0v) is 19.7. The predicted molar refractivity (Wildman–Crippen MR) is 128 cm³/mol. The van der Waals surface area contributed by atoms with Crippen LogP contribution in [0.25, 0.3) is 11.3 Å². The smallest absolute Gasteiger partial charge is 0.290 e. The number of anilines is 1. The molecule has 3 heterocycles. The number of carbonyl (C=O) groups is 2. The zero-order valence-electron chi connectivity index (χ0n) is 19.7. The molecular weight excluding hydrogens is 434 g/mol. The number of carbonyl (C=O) groups excluding carboxylic acids is 2. The molecule has 34 heavy (non-hydrogen) atoms. The molecule has 0 N–H and O–H groups in total. The van der Waals surface area contributed by atoms with E-state index in [9.17, 15) is 9.59 Å². The highest BCUT2D eigenvalue weighted by atomic mass is 16.5. The van der Waals surface area contributed by atoms with Gasteiger partial charge >= 0.3 is 0 Å². The van der Waals surface area contributed by atoms with E-state index in [4.69, 9.17) is 9.15 Å². The van der Waals surface area contributed by atoms with Crippen LogP contribution >= 0.6 is 0 Å². The summed E-state index contributed by atoms with van der Waals surface area (Å²) < 4.78 is 10.5. The molecule has 178 valence electrons. The van der Waals surface area contributed by atoms with Crippen LogP contribution in [-0.2, 0) is 4.79 Å². The molecule has 9 heteroatoms. The molecular formula is C25H29N5O4. The summed E-state index contributed by atoms with van der Waals surface area (Å²) in [6.07, 6.45) is 1.46. The minimum atomic E-state index is -0.279. The van der Waals surface area contributed by atoms with Gasteiger partial charge < -0.3 is 23.9 Å². The van der Waals surface area contributed by atoms with Gasteiger partial charge in [0, 0.05) is 37.8 Å². The van der Waals surface area contributed by atoms with Gasteiger partial charge in [0.25, 0.3) is 5.91 Å². The van der Waals surface area contributed by atoms with Crippen LogP contribution in [0.5, 0.6) is 5.75 Å². The Balaban J connectivity index is 1.34. The quantitative estimate of drug-likeness (QED) is 0.532. The summed E-state index contributed by atoms with van der Waals surface area (Å²) in [6.45, 7) is 6.20. The first-order valence-corrected chi connectivity index (χ1v) is 11.3. The molecule has 0 unspecified atom stereocenters. The zero-order chi connectivity index (χ0) is 24.1. The summed E-state index contributed by atoms with van der Waals surface area (Å²) in [5.74, 6) is 1.43. The minimum Gasteiger partial charge on any atom is -0.497 e. The minimum absolute atomic E-state index is 0.0201. The fourth-order valence-corrected chi connectivity index (χ4v) is 3.89. The molecule has 1 aliphatic rings. The van der Waals surface area contributed by atoms with Gasteiger partial charge in [-0.2, -0.15) is 0 Å². The Labute approximate surface area is 198 Å². The number of piperazine rings is 1. The number of rotatable bonds is 7. The molecule has 0 aliphatic carbocycles. The summed E-state index contributed by atoms with van der Waals surface area (Å²) in [5.41, 5.74) is 1.71. The first-order chi connectivity index (χ1) is 16.5. The van der Waals surface area contributed by atoms with Crippen molar-refractivity contribution in [2.24, 2.45) is 0 Å². The SMILES string of the molecule is COc1cccc(-c2ccc(N3CCN(C(=O)CN(C(=O)c4ccco4)C(C)C)CC3)nn2)c1. The molecule has 9 nitrogen and oxygen atoms in total. The van der Waals surface area contributed by atoms with Crippen LogP contribution in [-0.4, -0.2) is 77.7 Å². The van der Waals surface area contributed by atoms with Gasteiger partial charge in [-0.1, -0.05) is 12.1 Å². The third kappa shape index (κ3) is 5.19. The number of hydrogen-bond acceptors (Lipinski definition) is 7. The Morgan fingerprint density at radius 2 is 1.85 bits per heavy atom. The molecule has 0 spiro atoms. The van der Waals surface area contributed by atoms with Crippen LogP contribution in [0.15, 0.2) is 59.2 Å². The highest BCUT2D eigenvalue weighted by molar-refractivity contribution is 5.94. The van der Waals surface area contributed by atoms with Crippen LogP contribution < -0.4 is 9.64 Å². The number of benzene rings is 1. The van der Waals surface area contributed by atoms with Crippen LogP contribution in [0.3, 0.4) is 0 Å². The molecule has 0 radical (unpaired) electrons. The van der Waals surface area contributed by atoms with Crippen molar-refractivity contribution in [3.63, 3.8) is 0 Å². The number of furan rings is 1. The van der Waals surface area contributed by atoms with Crippen molar-refractivity contribution in [2.75, 3.05) is 44.7 Å². The van der Waals surface area contributed by atoms with Crippen molar-refractivity contribution in [2.45, 2.75) is 19.9 Å². The number of amides is 2. The standard InChI is InChI=1S/C25H29N5O4/c1-18(2)30(25(32)22-8-5-15-34-22)17-24(31)29-13-11-28(12-14-29)23-10-9-21(26-27-23)19-6-4-7-20(16-19)33-3/h4-10,15-16,18H,11-14,17H2,1-3H3. The van der Waals surface area contributed by atoms with E-state index in [2.05, 4.69) is 15.1 Å². The van der Waals surface area contributed by atoms with Crippen molar-refractivity contribution in [1.82, 2.24) is 20.0 Å². The monoisotopic (exact) mass is 463 g/mol. The lowest BCUT2D eigenvalue weighted by Gasteiger charge is -2.36. The van der Waals surface area contributed by atoms with Gasteiger partial charge in [-0.05, 0) is 50.2 Å². The third-order valence-electron chi connectivity index (χ3n) is 5.89. The Kier molecular flexibility index (Phi) is 7.10. The lowest BCUT2D eigenvalue weighted by atomic mass is 10.1. The summed E-state index contributed by atoms with van der Waals surface area (Å²) >= 11 is 0. The lowest BCUT2D eigenvalue weighted by Crippen LogP contribution is -2.53. The van der Waals surface area contributed by atoms with Gasteiger partial charge in [0.2, 0.25) is 5.91 Å². The second-order valence-corrected chi connectivity index (χ2v) is 8.38. The van der Waals surface area contributed by atoms with E-state index in [-0.39, 0.29) is 30.2 Å². The van der Waals surface area contributed by atoms with Crippen molar-refractivity contribution in [3.05, 3.63) is 60.6 Å². The number of methoxy groups -OCH3 is 1. The van der Waals surface area contributed by atoms with Gasteiger partial charge in [0.1, 0.15) is 12.3 Å². The van der Waals surface area contributed by atoms with E-state index in [0.717, 1.165) is 22.8 Å². The maximum Gasteiger partial charge on any atom is 0.290 e. The van der Waals surface area contributed by atoms with E-state index < -0.39 is 0 Å². The molecule has 1 fully saturated rings. The van der Waals surface area contributed by atoms with Crippen molar-refractivity contribution in [1.29, 1.82) is 0 Å². The number of hydrogen-bond donors (Lipinski definition) is 0. The van der Waals surface area contributed by atoms with Crippen LogP contribution in [0, 0.1) is 0 Å². The molecule has 3 aromatic rings. The molecule has 2 amide bonds. The van der Waals surface area contributed by atoms with E-state index in [1.165, 1.54) is 11.2 Å². The maximum atomic E-state index is 12.9. The van der Waals surface area contributed by atoms with E-state index in [1.807, 2.05) is 50.2 Å². The largest absolute Gasteiger partial charge is 0.497 e. The molecule has 0 atom stereocenters. The molecule has 1 saturated heterocycles. The highest BCUT2D eigenvalue weighted by Crippen LogP contribution is 2.23.